The molecule has 0 fully saturated rings. The van der Waals surface area contributed by atoms with Crippen LogP contribution in [0.15, 0.2) is 36.9 Å². The summed E-state index contributed by atoms with van der Waals surface area (Å²) in [4.78, 5) is 15.0. The minimum atomic E-state index is -0.873. The lowest BCUT2D eigenvalue weighted by Gasteiger charge is -2.10. The Morgan fingerprint density at radius 1 is 1.47 bits per heavy atom. The number of nitrogens with one attached hydrogen (secondary N) is 1. The maximum atomic E-state index is 11.0. The van der Waals surface area contributed by atoms with Crippen LogP contribution in [0.3, 0.4) is 0 Å². The van der Waals surface area contributed by atoms with E-state index in [4.69, 9.17) is 5.11 Å². The zero-order valence-electron chi connectivity index (χ0n) is 10.8. The number of hydrogen-bond acceptors (Lipinski definition) is 3. The third-order valence-corrected chi connectivity index (χ3v) is 2.97. The fraction of sp³-hybridized carbons (Fsp3) is 0.286. The van der Waals surface area contributed by atoms with Crippen molar-refractivity contribution >= 4 is 11.7 Å². The van der Waals surface area contributed by atoms with Gasteiger partial charge in [-0.1, -0.05) is 6.92 Å². The predicted octanol–water partition coefficient (Wildman–Crippen LogP) is 2.26. The Morgan fingerprint density at radius 2 is 2.32 bits per heavy atom. The maximum absolute atomic E-state index is 11.0. The second-order valence-electron chi connectivity index (χ2n) is 4.26. The van der Waals surface area contributed by atoms with Crippen LogP contribution in [0.5, 0.6) is 0 Å². The highest BCUT2D eigenvalue weighted by molar-refractivity contribution is 5.90. The van der Waals surface area contributed by atoms with Gasteiger partial charge in [0, 0.05) is 31.2 Å². The highest BCUT2D eigenvalue weighted by Crippen LogP contribution is 2.16. The molecule has 0 saturated heterocycles. The van der Waals surface area contributed by atoms with Crippen molar-refractivity contribution in [3.05, 3.63) is 48.0 Å². The first kappa shape index (κ1) is 13.1. The van der Waals surface area contributed by atoms with Gasteiger partial charge in [-0.15, -0.1) is 0 Å². The number of anilines is 1. The smallest absolute Gasteiger partial charge is 0.335 e. The van der Waals surface area contributed by atoms with Gasteiger partial charge in [0.25, 0.3) is 0 Å². The van der Waals surface area contributed by atoms with E-state index in [1.54, 1.807) is 24.7 Å². The Balaban J connectivity index is 1.99. The molecule has 5 nitrogen and oxygen atoms in total. The van der Waals surface area contributed by atoms with Crippen LogP contribution in [-0.4, -0.2) is 27.2 Å². The Kier molecular flexibility index (Phi) is 4.18. The highest BCUT2D eigenvalue weighted by Gasteiger charge is 2.08. The monoisotopic (exact) mass is 259 g/mol. The van der Waals surface area contributed by atoms with Gasteiger partial charge in [-0.3, -0.25) is 0 Å². The average Bonchev–Trinajstić information content (AvgIpc) is 2.91. The van der Waals surface area contributed by atoms with Crippen molar-refractivity contribution in [1.29, 1.82) is 0 Å². The van der Waals surface area contributed by atoms with Gasteiger partial charge in [0.2, 0.25) is 0 Å². The minimum absolute atomic E-state index is 0.377. The van der Waals surface area contributed by atoms with E-state index in [0.717, 1.165) is 24.3 Å². The molecular weight excluding hydrogens is 242 g/mol. The van der Waals surface area contributed by atoms with Crippen molar-refractivity contribution in [1.82, 2.24) is 9.55 Å². The number of carboxylic acids is 1. The number of imidazole rings is 1. The van der Waals surface area contributed by atoms with Gasteiger partial charge in [0.15, 0.2) is 0 Å². The summed E-state index contributed by atoms with van der Waals surface area (Å²) in [5.74, 6) is -0.873. The summed E-state index contributed by atoms with van der Waals surface area (Å²) in [6, 6.07) is 5.36. The van der Waals surface area contributed by atoms with E-state index in [-0.39, 0.29) is 0 Å². The maximum Gasteiger partial charge on any atom is 0.335 e. The fourth-order valence-electron chi connectivity index (χ4n) is 1.95. The molecule has 0 amide bonds. The number of hydrogen-bond donors (Lipinski definition) is 2. The number of benzene rings is 1. The number of aromatic nitrogens is 2. The number of aryl methyl sites for hydroxylation is 1. The molecule has 0 aliphatic carbocycles. The van der Waals surface area contributed by atoms with Crippen molar-refractivity contribution in [3.8, 4) is 0 Å². The molecule has 1 heterocycles. The van der Waals surface area contributed by atoms with Gasteiger partial charge < -0.3 is 15.0 Å². The number of aromatic carboxylic acids is 1. The molecule has 0 aliphatic heterocycles. The zero-order valence-corrected chi connectivity index (χ0v) is 10.8. The van der Waals surface area contributed by atoms with E-state index in [2.05, 4.69) is 10.3 Å². The van der Waals surface area contributed by atoms with Crippen LogP contribution >= 0.6 is 0 Å². The first-order valence-corrected chi connectivity index (χ1v) is 6.26. The number of carboxylic acid groups (broad SMARTS) is 1. The summed E-state index contributed by atoms with van der Waals surface area (Å²) in [7, 11) is 0. The summed E-state index contributed by atoms with van der Waals surface area (Å²) in [6.07, 6.45) is 6.13. The molecule has 0 radical (unpaired) electrons. The molecule has 0 saturated carbocycles. The summed E-state index contributed by atoms with van der Waals surface area (Å²) >= 11 is 0. The van der Waals surface area contributed by atoms with Crippen molar-refractivity contribution in [3.63, 3.8) is 0 Å². The Labute approximate surface area is 111 Å². The van der Waals surface area contributed by atoms with E-state index in [1.165, 1.54) is 0 Å². The summed E-state index contributed by atoms with van der Waals surface area (Å²) < 4.78 is 1.99. The molecule has 100 valence electrons. The molecule has 0 atom stereocenters. The second-order valence-corrected chi connectivity index (χ2v) is 4.26. The topological polar surface area (TPSA) is 67.2 Å². The van der Waals surface area contributed by atoms with Crippen LogP contribution in [0.2, 0.25) is 0 Å². The predicted molar refractivity (Wildman–Crippen MR) is 73.5 cm³/mol. The standard InChI is InChI=1S/C14H17N3O2/c1-2-11-9-12(3-4-13(11)14(18)19)16-6-8-17-7-5-15-10-17/h3-5,7,9-10,16H,2,6,8H2,1H3,(H,18,19). The van der Waals surface area contributed by atoms with Crippen LogP contribution in [0.1, 0.15) is 22.8 Å². The van der Waals surface area contributed by atoms with Gasteiger partial charge in [0.1, 0.15) is 0 Å². The highest BCUT2D eigenvalue weighted by atomic mass is 16.4. The zero-order chi connectivity index (χ0) is 13.7. The minimum Gasteiger partial charge on any atom is -0.478 e. The van der Waals surface area contributed by atoms with Crippen LogP contribution in [-0.2, 0) is 13.0 Å². The molecule has 1 aromatic carbocycles. The molecule has 0 spiro atoms. The third kappa shape index (κ3) is 3.34. The molecule has 0 bridgehead atoms. The molecule has 1 aromatic heterocycles. The Morgan fingerprint density at radius 3 is 2.95 bits per heavy atom. The summed E-state index contributed by atoms with van der Waals surface area (Å²) in [5, 5.41) is 12.3. The molecular formula is C14H17N3O2. The van der Waals surface area contributed by atoms with Gasteiger partial charge in [-0.05, 0) is 30.2 Å². The Bertz CT molecular complexity index is 550. The second kappa shape index (κ2) is 6.04. The van der Waals surface area contributed by atoms with E-state index < -0.39 is 5.97 Å². The van der Waals surface area contributed by atoms with Crippen LogP contribution in [0.25, 0.3) is 0 Å². The SMILES string of the molecule is CCc1cc(NCCn2ccnc2)ccc1C(=O)O. The third-order valence-electron chi connectivity index (χ3n) is 2.97. The van der Waals surface area contributed by atoms with Crippen molar-refractivity contribution in [2.45, 2.75) is 19.9 Å². The number of nitrogens with zero attached hydrogens (tertiary/aromatic N) is 2. The first-order chi connectivity index (χ1) is 9.20. The lowest BCUT2D eigenvalue weighted by atomic mass is 10.0. The van der Waals surface area contributed by atoms with Crippen molar-refractivity contribution in [2.24, 2.45) is 0 Å². The number of rotatable bonds is 6. The molecule has 2 N–H and O–H groups in total. The number of carbonyl (C=O) groups is 1. The van der Waals surface area contributed by atoms with E-state index in [1.807, 2.05) is 23.8 Å². The lowest BCUT2D eigenvalue weighted by molar-refractivity contribution is 0.0696. The summed E-state index contributed by atoms with van der Waals surface area (Å²) in [5.41, 5.74) is 2.17. The summed E-state index contributed by atoms with van der Waals surface area (Å²) in [6.45, 7) is 3.55. The lowest BCUT2D eigenvalue weighted by Crippen LogP contribution is -2.10. The van der Waals surface area contributed by atoms with Crippen molar-refractivity contribution < 1.29 is 9.90 Å². The van der Waals surface area contributed by atoms with Gasteiger partial charge >= 0.3 is 5.97 Å². The first-order valence-electron chi connectivity index (χ1n) is 6.26. The molecule has 5 heteroatoms. The Hall–Kier alpha value is -2.30. The molecule has 2 aromatic rings. The van der Waals surface area contributed by atoms with Crippen LogP contribution in [0.4, 0.5) is 5.69 Å². The van der Waals surface area contributed by atoms with Gasteiger partial charge in [-0.25, -0.2) is 9.78 Å². The van der Waals surface area contributed by atoms with E-state index in [9.17, 15) is 4.79 Å². The van der Waals surface area contributed by atoms with Gasteiger partial charge in [-0.2, -0.15) is 0 Å². The fourth-order valence-corrected chi connectivity index (χ4v) is 1.95. The largest absolute Gasteiger partial charge is 0.478 e. The molecule has 19 heavy (non-hydrogen) atoms. The van der Waals surface area contributed by atoms with E-state index in [0.29, 0.717) is 12.0 Å². The average molecular weight is 259 g/mol. The van der Waals surface area contributed by atoms with Crippen molar-refractivity contribution in [2.75, 3.05) is 11.9 Å². The normalized spacial score (nSPS) is 10.4. The molecule has 2 rings (SSSR count). The van der Waals surface area contributed by atoms with Gasteiger partial charge in [0.05, 0.1) is 11.9 Å². The van der Waals surface area contributed by atoms with Crippen LogP contribution < -0.4 is 5.32 Å². The molecule has 0 aliphatic rings. The van der Waals surface area contributed by atoms with E-state index >= 15 is 0 Å². The quantitative estimate of drug-likeness (QED) is 0.835. The van der Waals surface area contributed by atoms with Crippen LogP contribution in [0, 0.1) is 0 Å². The molecule has 0 unspecified atom stereocenters.